The second kappa shape index (κ2) is 2.96. The SMILES string of the molecule is C1#CN2CCCN=C2CCC1. The highest BCUT2D eigenvalue weighted by atomic mass is 15.2. The Balaban J connectivity index is 2.19. The van der Waals surface area contributed by atoms with Gasteiger partial charge in [0.15, 0.2) is 0 Å². The molecule has 0 bridgehead atoms. The van der Waals surface area contributed by atoms with Gasteiger partial charge in [-0.3, -0.25) is 9.89 Å². The van der Waals surface area contributed by atoms with Gasteiger partial charge in [0.05, 0.1) is 0 Å². The normalized spacial score (nSPS) is 22.5. The summed E-state index contributed by atoms with van der Waals surface area (Å²) in [5, 5.41) is 0. The molecule has 0 fully saturated rings. The number of aliphatic imine (C=N–C) groups is 1. The first-order valence-corrected chi connectivity index (χ1v) is 4.26. The number of rotatable bonds is 0. The molecule has 0 radical (unpaired) electrons. The van der Waals surface area contributed by atoms with Gasteiger partial charge in [-0.15, -0.1) is 0 Å². The number of amidine groups is 1. The molecular formula is C9H12N2. The minimum Gasteiger partial charge on any atom is -0.289 e. The maximum absolute atomic E-state index is 4.45. The molecule has 0 aromatic heterocycles. The minimum absolute atomic E-state index is 1.01. The van der Waals surface area contributed by atoms with Crippen LogP contribution in [0.2, 0.25) is 0 Å². The lowest BCUT2D eigenvalue weighted by Gasteiger charge is -2.22. The molecule has 11 heavy (non-hydrogen) atoms. The molecular weight excluding hydrogens is 136 g/mol. The fraction of sp³-hybridized carbons (Fsp3) is 0.667. The van der Waals surface area contributed by atoms with E-state index >= 15 is 0 Å². The Morgan fingerprint density at radius 3 is 3.36 bits per heavy atom. The summed E-state index contributed by atoms with van der Waals surface area (Å²) in [5.41, 5.74) is 0. The van der Waals surface area contributed by atoms with Crippen LogP contribution in [0.5, 0.6) is 0 Å². The quantitative estimate of drug-likeness (QED) is 0.472. The molecule has 0 atom stereocenters. The van der Waals surface area contributed by atoms with E-state index in [2.05, 4.69) is 21.9 Å². The summed E-state index contributed by atoms with van der Waals surface area (Å²) in [4.78, 5) is 6.57. The van der Waals surface area contributed by atoms with Crippen LogP contribution in [-0.4, -0.2) is 23.8 Å². The molecule has 0 spiro atoms. The molecule has 0 saturated carbocycles. The first-order chi connectivity index (χ1) is 5.47. The van der Waals surface area contributed by atoms with Crippen molar-refractivity contribution in [2.75, 3.05) is 13.1 Å². The molecule has 0 aromatic rings. The number of fused-ring (bicyclic) bond motifs is 1. The van der Waals surface area contributed by atoms with Crippen molar-refractivity contribution in [3.05, 3.63) is 0 Å². The van der Waals surface area contributed by atoms with Gasteiger partial charge in [0, 0.05) is 32.0 Å². The second-order valence-corrected chi connectivity index (χ2v) is 2.95. The first-order valence-electron chi connectivity index (χ1n) is 4.26. The summed E-state index contributed by atoms with van der Waals surface area (Å²) in [6.07, 6.45) is 4.50. The molecule has 0 amide bonds. The van der Waals surface area contributed by atoms with E-state index in [-0.39, 0.29) is 0 Å². The third-order valence-corrected chi connectivity index (χ3v) is 2.06. The van der Waals surface area contributed by atoms with Crippen LogP contribution in [-0.2, 0) is 0 Å². The van der Waals surface area contributed by atoms with Crippen LogP contribution in [0.25, 0.3) is 0 Å². The average Bonchev–Trinajstić information content (AvgIpc) is 2.28. The molecule has 0 unspecified atom stereocenters. The molecule has 2 heteroatoms. The van der Waals surface area contributed by atoms with Crippen molar-refractivity contribution in [1.29, 1.82) is 0 Å². The average molecular weight is 148 g/mol. The van der Waals surface area contributed by atoms with Gasteiger partial charge in [-0.05, 0) is 12.8 Å². The van der Waals surface area contributed by atoms with Crippen molar-refractivity contribution in [2.45, 2.75) is 25.7 Å². The van der Waals surface area contributed by atoms with E-state index in [1.54, 1.807) is 0 Å². The molecule has 2 nitrogen and oxygen atoms in total. The Hall–Kier alpha value is -0.970. The zero-order valence-corrected chi connectivity index (χ0v) is 6.64. The Morgan fingerprint density at radius 2 is 2.36 bits per heavy atom. The highest BCUT2D eigenvalue weighted by Crippen LogP contribution is 2.10. The van der Waals surface area contributed by atoms with Crippen LogP contribution in [0.1, 0.15) is 25.7 Å². The monoisotopic (exact) mass is 148 g/mol. The fourth-order valence-corrected chi connectivity index (χ4v) is 1.47. The van der Waals surface area contributed by atoms with Crippen molar-refractivity contribution in [2.24, 2.45) is 4.99 Å². The number of hydrogen-bond acceptors (Lipinski definition) is 2. The Bertz CT molecular complexity index is 232. The highest BCUT2D eigenvalue weighted by molar-refractivity contribution is 5.84. The van der Waals surface area contributed by atoms with Gasteiger partial charge in [0.25, 0.3) is 0 Å². The second-order valence-electron chi connectivity index (χ2n) is 2.95. The summed E-state index contributed by atoms with van der Waals surface area (Å²) in [5.74, 6) is 4.36. The summed E-state index contributed by atoms with van der Waals surface area (Å²) in [7, 11) is 0. The first kappa shape index (κ1) is 6.72. The Kier molecular flexibility index (Phi) is 1.81. The standard InChI is InChI=1S/C9H12N2/c1-2-5-9-10-6-4-8-11(9)7-3-1/h1-2,4-6,8H2. The third-order valence-electron chi connectivity index (χ3n) is 2.06. The maximum Gasteiger partial charge on any atom is 0.110 e. The summed E-state index contributed by atoms with van der Waals surface area (Å²) < 4.78 is 0. The van der Waals surface area contributed by atoms with E-state index in [0.717, 1.165) is 32.4 Å². The van der Waals surface area contributed by atoms with Crippen LogP contribution in [0.4, 0.5) is 0 Å². The van der Waals surface area contributed by atoms with Crippen molar-refractivity contribution in [3.63, 3.8) is 0 Å². The van der Waals surface area contributed by atoms with E-state index in [1.807, 2.05) is 0 Å². The molecule has 0 aliphatic carbocycles. The van der Waals surface area contributed by atoms with E-state index < -0.39 is 0 Å². The van der Waals surface area contributed by atoms with Crippen LogP contribution >= 0.6 is 0 Å². The van der Waals surface area contributed by atoms with Crippen LogP contribution in [0.15, 0.2) is 4.99 Å². The zero-order chi connectivity index (χ0) is 7.52. The van der Waals surface area contributed by atoms with Crippen molar-refractivity contribution in [1.82, 2.24) is 4.90 Å². The largest absolute Gasteiger partial charge is 0.289 e. The van der Waals surface area contributed by atoms with E-state index in [9.17, 15) is 0 Å². The van der Waals surface area contributed by atoms with Gasteiger partial charge in [0.1, 0.15) is 5.84 Å². The predicted molar refractivity (Wildman–Crippen MR) is 45.3 cm³/mol. The van der Waals surface area contributed by atoms with E-state index in [0.29, 0.717) is 0 Å². The lowest BCUT2D eigenvalue weighted by Crippen LogP contribution is -2.30. The topological polar surface area (TPSA) is 15.6 Å². The molecule has 2 rings (SSSR count). The maximum atomic E-state index is 4.45. The number of nitrogens with zero attached hydrogens (tertiary/aromatic N) is 2. The van der Waals surface area contributed by atoms with Gasteiger partial charge in [0.2, 0.25) is 0 Å². The highest BCUT2D eigenvalue weighted by Gasteiger charge is 2.13. The van der Waals surface area contributed by atoms with Crippen molar-refractivity contribution >= 4 is 5.84 Å². The van der Waals surface area contributed by atoms with Gasteiger partial charge >= 0.3 is 0 Å². The smallest absolute Gasteiger partial charge is 0.110 e. The molecule has 2 aliphatic heterocycles. The molecule has 0 saturated heterocycles. The van der Waals surface area contributed by atoms with Gasteiger partial charge in [-0.2, -0.15) is 0 Å². The van der Waals surface area contributed by atoms with E-state index in [1.165, 1.54) is 12.3 Å². The Morgan fingerprint density at radius 1 is 1.36 bits per heavy atom. The van der Waals surface area contributed by atoms with E-state index in [4.69, 9.17) is 0 Å². The van der Waals surface area contributed by atoms with Crippen molar-refractivity contribution < 1.29 is 0 Å². The van der Waals surface area contributed by atoms with Crippen LogP contribution in [0, 0.1) is 12.0 Å². The zero-order valence-electron chi connectivity index (χ0n) is 6.64. The summed E-state index contributed by atoms with van der Waals surface area (Å²) in [6, 6.07) is 3.14. The molecule has 58 valence electrons. The van der Waals surface area contributed by atoms with Crippen LogP contribution < -0.4 is 0 Å². The minimum atomic E-state index is 1.01. The molecule has 0 aromatic carbocycles. The summed E-state index contributed by atoms with van der Waals surface area (Å²) >= 11 is 0. The van der Waals surface area contributed by atoms with Crippen molar-refractivity contribution in [3.8, 4) is 12.0 Å². The molecule has 2 aliphatic rings. The van der Waals surface area contributed by atoms with Gasteiger partial charge < -0.3 is 0 Å². The third kappa shape index (κ3) is 1.37. The lowest BCUT2D eigenvalue weighted by atomic mass is 10.2. The summed E-state index contributed by atoms with van der Waals surface area (Å²) in [6.45, 7) is 2.10. The lowest BCUT2D eigenvalue weighted by molar-refractivity contribution is 0.519. The Labute approximate surface area is 67.3 Å². The van der Waals surface area contributed by atoms with Gasteiger partial charge in [-0.25, -0.2) is 0 Å². The van der Waals surface area contributed by atoms with Gasteiger partial charge in [-0.1, -0.05) is 5.92 Å². The molecule has 2 heterocycles. The van der Waals surface area contributed by atoms with Crippen LogP contribution in [0.3, 0.4) is 0 Å². The fourth-order valence-electron chi connectivity index (χ4n) is 1.47. The predicted octanol–water partition coefficient (Wildman–Crippen LogP) is 1.24. The number of hydrogen-bond donors (Lipinski definition) is 0. The molecule has 0 N–H and O–H groups in total.